The molecular weight excluding hydrogens is 181 g/mol. The normalized spacial score (nSPS) is 11.3. The van der Waals surface area contributed by atoms with E-state index in [0.717, 1.165) is 0 Å². The molecule has 0 atom stereocenters. The molecule has 0 aliphatic carbocycles. The second-order valence-electron chi connectivity index (χ2n) is 2.65. The molecule has 1 aromatic carbocycles. The molecule has 13 heavy (non-hydrogen) atoms. The van der Waals surface area contributed by atoms with Gasteiger partial charge in [-0.2, -0.15) is 13.2 Å². The molecule has 0 saturated heterocycles. The van der Waals surface area contributed by atoms with Crippen LogP contribution in [0.2, 0.25) is 0 Å². The third-order valence-electron chi connectivity index (χ3n) is 1.52. The lowest BCUT2D eigenvalue weighted by molar-refractivity contribution is -0.127. The largest absolute Gasteiger partial charge is 0.393 e. The SMILES string of the molecule is O=Cc1ccc(CC(F)(F)F)cc1. The Kier molecular flexibility index (Phi) is 2.70. The van der Waals surface area contributed by atoms with E-state index in [4.69, 9.17) is 0 Å². The molecule has 0 spiro atoms. The first-order valence-electron chi connectivity index (χ1n) is 3.62. The third-order valence-corrected chi connectivity index (χ3v) is 1.52. The maximum atomic E-state index is 11.9. The zero-order valence-corrected chi connectivity index (χ0v) is 6.64. The number of aldehydes is 1. The van der Waals surface area contributed by atoms with Crippen molar-refractivity contribution in [3.05, 3.63) is 35.4 Å². The average Bonchev–Trinajstić information content (AvgIpc) is 2.03. The maximum absolute atomic E-state index is 11.9. The Labute approximate surface area is 73.2 Å². The van der Waals surface area contributed by atoms with Crippen LogP contribution in [0.4, 0.5) is 13.2 Å². The van der Waals surface area contributed by atoms with Crippen LogP contribution in [0.15, 0.2) is 24.3 Å². The molecule has 0 aromatic heterocycles. The molecule has 0 bridgehead atoms. The summed E-state index contributed by atoms with van der Waals surface area (Å²) in [7, 11) is 0. The molecule has 70 valence electrons. The summed E-state index contributed by atoms with van der Waals surface area (Å²) in [6.07, 6.45) is -4.55. The number of carbonyl (C=O) groups is 1. The predicted octanol–water partition coefficient (Wildman–Crippen LogP) is 2.60. The first-order chi connectivity index (χ1) is 6.01. The number of rotatable bonds is 2. The minimum absolute atomic E-state index is 0.165. The van der Waals surface area contributed by atoms with Crippen molar-refractivity contribution in [2.75, 3.05) is 0 Å². The van der Waals surface area contributed by atoms with Gasteiger partial charge in [-0.15, -0.1) is 0 Å². The fraction of sp³-hybridized carbons (Fsp3) is 0.222. The lowest BCUT2D eigenvalue weighted by atomic mass is 10.1. The second-order valence-corrected chi connectivity index (χ2v) is 2.65. The summed E-state index contributed by atoms with van der Waals surface area (Å²) in [5.74, 6) is 0. The van der Waals surface area contributed by atoms with Crippen molar-refractivity contribution in [1.82, 2.24) is 0 Å². The lowest BCUT2D eigenvalue weighted by Gasteiger charge is -2.05. The Bertz CT molecular complexity index is 287. The van der Waals surface area contributed by atoms with Crippen molar-refractivity contribution in [2.45, 2.75) is 12.6 Å². The Balaban J connectivity index is 2.75. The van der Waals surface area contributed by atoms with Gasteiger partial charge in [-0.05, 0) is 5.56 Å². The summed E-state index contributed by atoms with van der Waals surface area (Å²) in [5, 5.41) is 0. The van der Waals surface area contributed by atoms with E-state index in [9.17, 15) is 18.0 Å². The molecular formula is C9H7F3O. The summed E-state index contributed by atoms with van der Waals surface area (Å²) < 4.78 is 35.6. The van der Waals surface area contributed by atoms with Crippen molar-refractivity contribution in [1.29, 1.82) is 0 Å². The fourth-order valence-corrected chi connectivity index (χ4v) is 0.946. The summed E-state index contributed by atoms with van der Waals surface area (Å²) >= 11 is 0. The van der Waals surface area contributed by atoms with E-state index in [1.54, 1.807) is 0 Å². The number of alkyl halides is 3. The Hall–Kier alpha value is -1.32. The summed E-state index contributed by atoms with van der Waals surface area (Å²) in [6.45, 7) is 0. The van der Waals surface area contributed by atoms with Gasteiger partial charge >= 0.3 is 6.18 Å². The molecule has 0 N–H and O–H groups in total. The Morgan fingerprint density at radius 3 is 2.08 bits per heavy atom. The average molecular weight is 188 g/mol. The maximum Gasteiger partial charge on any atom is 0.393 e. The van der Waals surface area contributed by atoms with Crippen LogP contribution in [0, 0.1) is 0 Å². The highest BCUT2D eigenvalue weighted by atomic mass is 19.4. The van der Waals surface area contributed by atoms with Crippen molar-refractivity contribution >= 4 is 6.29 Å². The molecule has 0 unspecified atom stereocenters. The number of halogens is 3. The number of hydrogen-bond acceptors (Lipinski definition) is 1. The molecule has 0 aliphatic heterocycles. The topological polar surface area (TPSA) is 17.1 Å². The minimum Gasteiger partial charge on any atom is -0.298 e. The van der Waals surface area contributed by atoms with E-state index in [2.05, 4.69) is 0 Å². The van der Waals surface area contributed by atoms with E-state index in [-0.39, 0.29) is 5.56 Å². The van der Waals surface area contributed by atoms with Crippen LogP contribution in [0.1, 0.15) is 15.9 Å². The predicted molar refractivity (Wildman–Crippen MR) is 41.6 cm³/mol. The highest BCUT2D eigenvalue weighted by Gasteiger charge is 2.27. The van der Waals surface area contributed by atoms with Gasteiger partial charge in [-0.25, -0.2) is 0 Å². The van der Waals surface area contributed by atoms with E-state index in [1.807, 2.05) is 0 Å². The molecule has 1 nitrogen and oxygen atoms in total. The molecule has 1 rings (SSSR count). The van der Waals surface area contributed by atoms with E-state index in [1.165, 1.54) is 24.3 Å². The highest BCUT2D eigenvalue weighted by molar-refractivity contribution is 5.74. The van der Waals surface area contributed by atoms with Crippen molar-refractivity contribution < 1.29 is 18.0 Å². The highest BCUT2D eigenvalue weighted by Crippen LogP contribution is 2.20. The summed E-state index contributed by atoms with van der Waals surface area (Å²) in [6, 6.07) is 5.34. The molecule has 4 heteroatoms. The quantitative estimate of drug-likeness (QED) is 0.652. The number of benzene rings is 1. The molecule has 0 heterocycles. The Morgan fingerprint density at radius 1 is 1.15 bits per heavy atom. The third kappa shape index (κ3) is 3.27. The summed E-state index contributed by atoms with van der Waals surface area (Å²) in [4.78, 5) is 10.2. The number of carbonyl (C=O) groups excluding carboxylic acids is 1. The van der Waals surface area contributed by atoms with Crippen LogP contribution < -0.4 is 0 Å². The monoisotopic (exact) mass is 188 g/mol. The van der Waals surface area contributed by atoms with Gasteiger partial charge in [0.1, 0.15) is 6.29 Å². The van der Waals surface area contributed by atoms with Gasteiger partial charge in [0.15, 0.2) is 0 Å². The van der Waals surface area contributed by atoms with Crippen molar-refractivity contribution in [3.8, 4) is 0 Å². The van der Waals surface area contributed by atoms with Crippen molar-refractivity contribution in [2.24, 2.45) is 0 Å². The van der Waals surface area contributed by atoms with Crippen LogP contribution in [0.25, 0.3) is 0 Å². The van der Waals surface area contributed by atoms with Gasteiger partial charge in [-0.1, -0.05) is 24.3 Å². The summed E-state index contributed by atoms with van der Waals surface area (Å²) in [5.41, 5.74) is 0.545. The van der Waals surface area contributed by atoms with Gasteiger partial charge in [0, 0.05) is 5.56 Å². The molecule has 0 amide bonds. The van der Waals surface area contributed by atoms with Gasteiger partial charge in [0.2, 0.25) is 0 Å². The first kappa shape index (κ1) is 9.77. The van der Waals surface area contributed by atoms with Gasteiger partial charge in [0.25, 0.3) is 0 Å². The second kappa shape index (κ2) is 3.60. The van der Waals surface area contributed by atoms with Gasteiger partial charge in [-0.3, -0.25) is 4.79 Å². The minimum atomic E-state index is -4.19. The molecule has 0 saturated carbocycles. The van der Waals surface area contributed by atoms with Crippen LogP contribution >= 0.6 is 0 Å². The standard InChI is InChI=1S/C9H7F3O/c10-9(11,12)5-7-1-3-8(6-13)4-2-7/h1-4,6H,5H2. The smallest absolute Gasteiger partial charge is 0.298 e. The fourth-order valence-electron chi connectivity index (χ4n) is 0.946. The molecule has 0 radical (unpaired) electrons. The molecule has 0 aliphatic rings. The van der Waals surface area contributed by atoms with Crippen molar-refractivity contribution in [3.63, 3.8) is 0 Å². The molecule has 1 aromatic rings. The zero-order chi connectivity index (χ0) is 9.90. The van der Waals surface area contributed by atoms with Crippen LogP contribution in [0.3, 0.4) is 0 Å². The Morgan fingerprint density at radius 2 is 1.69 bits per heavy atom. The van der Waals surface area contributed by atoms with Crippen LogP contribution in [0.5, 0.6) is 0 Å². The van der Waals surface area contributed by atoms with E-state index >= 15 is 0 Å². The van der Waals surface area contributed by atoms with E-state index in [0.29, 0.717) is 11.8 Å². The molecule has 0 fully saturated rings. The zero-order valence-electron chi connectivity index (χ0n) is 6.64. The van der Waals surface area contributed by atoms with Gasteiger partial charge in [0.05, 0.1) is 6.42 Å². The first-order valence-corrected chi connectivity index (χ1v) is 3.62. The van der Waals surface area contributed by atoms with Gasteiger partial charge < -0.3 is 0 Å². The van der Waals surface area contributed by atoms with Crippen LogP contribution in [-0.4, -0.2) is 12.5 Å². The van der Waals surface area contributed by atoms with E-state index < -0.39 is 12.6 Å². The lowest BCUT2D eigenvalue weighted by Crippen LogP contribution is -2.11. The number of hydrogen-bond donors (Lipinski definition) is 0. The van der Waals surface area contributed by atoms with Crippen LogP contribution in [-0.2, 0) is 6.42 Å².